The Morgan fingerprint density at radius 3 is 2.67 bits per heavy atom. The summed E-state index contributed by atoms with van der Waals surface area (Å²) >= 11 is 0. The average Bonchev–Trinajstić information content (AvgIpc) is 2.78. The summed E-state index contributed by atoms with van der Waals surface area (Å²) in [5, 5.41) is 2.81. The first-order valence-electron chi connectivity index (χ1n) is 8.27. The number of benzene rings is 2. The quantitative estimate of drug-likeness (QED) is 0.787. The molecular formula is C19H20N4O. The molecule has 0 radical (unpaired) electrons. The molecule has 0 unspecified atom stereocenters. The summed E-state index contributed by atoms with van der Waals surface area (Å²) in [6.45, 7) is 4.31. The molecule has 5 nitrogen and oxygen atoms in total. The molecule has 5 heteroatoms. The number of aryl methyl sites for hydroxylation is 1. The molecule has 0 fully saturated rings. The second-order valence-corrected chi connectivity index (χ2v) is 6.17. The topological polar surface area (TPSA) is 50.2 Å². The first kappa shape index (κ1) is 14.8. The fourth-order valence-corrected chi connectivity index (χ4v) is 3.34. The van der Waals surface area contributed by atoms with Crippen molar-refractivity contribution in [3.63, 3.8) is 0 Å². The third kappa shape index (κ3) is 2.73. The van der Waals surface area contributed by atoms with Crippen LogP contribution in [0.5, 0.6) is 0 Å². The van der Waals surface area contributed by atoms with Crippen molar-refractivity contribution in [1.29, 1.82) is 0 Å². The third-order valence-corrected chi connectivity index (χ3v) is 4.43. The number of fused-ring (bicyclic) bond motifs is 3. The maximum absolute atomic E-state index is 11.1. The van der Waals surface area contributed by atoms with Gasteiger partial charge in [0.05, 0.1) is 17.6 Å². The van der Waals surface area contributed by atoms with Crippen molar-refractivity contribution in [2.75, 3.05) is 16.8 Å². The van der Waals surface area contributed by atoms with E-state index in [0.717, 1.165) is 48.8 Å². The molecule has 4 rings (SSSR count). The van der Waals surface area contributed by atoms with Crippen LogP contribution in [0.2, 0.25) is 0 Å². The number of carbonyl (C=O) groups excluding carboxylic acids is 1. The van der Waals surface area contributed by atoms with Crippen molar-refractivity contribution in [1.82, 2.24) is 9.55 Å². The van der Waals surface area contributed by atoms with Gasteiger partial charge in [-0.15, -0.1) is 0 Å². The van der Waals surface area contributed by atoms with Crippen LogP contribution in [0.4, 0.5) is 11.4 Å². The first-order chi connectivity index (χ1) is 11.7. The minimum Gasteiger partial charge on any atom is -0.364 e. The molecule has 1 aliphatic heterocycles. The number of hydrogen-bond donors (Lipinski definition) is 1. The molecular weight excluding hydrogens is 300 g/mol. The number of imidazole rings is 1. The Labute approximate surface area is 140 Å². The lowest BCUT2D eigenvalue weighted by Gasteiger charge is -2.22. The van der Waals surface area contributed by atoms with E-state index in [1.54, 1.807) is 0 Å². The standard InChI is InChI=1S/C19H20N4O/c1-14(24)20-15-7-9-16(10-8-15)22-11-4-12-23-18-6-3-2-5-17(18)21-19(23)13-22/h2-3,5-10H,4,11-13H2,1H3,(H,20,24). The van der Waals surface area contributed by atoms with Gasteiger partial charge in [0, 0.05) is 31.4 Å². The Bertz CT molecular complexity index is 882. The van der Waals surface area contributed by atoms with Gasteiger partial charge in [-0.1, -0.05) is 12.1 Å². The van der Waals surface area contributed by atoms with E-state index in [1.165, 1.54) is 12.4 Å². The van der Waals surface area contributed by atoms with Crippen LogP contribution in [-0.4, -0.2) is 22.0 Å². The summed E-state index contributed by atoms with van der Waals surface area (Å²) in [6.07, 6.45) is 1.08. The summed E-state index contributed by atoms with van der Waals surface area (Å²) < 4.78 is 2.33. The molecule has 2 aromatic carbocycles. The molecule has 0 saturated carbocycles. The van der Waals surface area contributed by atoms with Crippen molar-refractivity contribution in [3.05, 3.63) is 54.4 Å². The molecule has 0 aliphatic carbocycles. The monoisotopic (exact) mass is 320 g/mol. The zero-order valence-electron chi connectivity index (χ0n) is 13.7. The minimum atomic E-state index is -0.0498. The molecule has 0 saturated heterocycles. The number of amides is 1. The smallest absolute Gasteiger partial charge is 0.221 e. The van der Waals surface area contributed by atoms with Crippen molar-refractivity contribution in [2.45, 2.75) is 26.4 Å². The molecule has 122 valence electrons. The fraction of sp³-hybridized carbons (Fsp3) is 0.263. The van der Waals surface area contributed by atoms with Crippen molar-refractivity contribution in [3.8, 4) is 0 Å². The van der Waals surface area contributed by atoms with E-state index in [2.05, 4.69) is 45.1 Å². The van der Waals surface area contributed by atoms with E-state index in [1.807, 2.05) is 18.2 Å². The normalized spacial score (nSPS) is 14.3. The predicted molar refractivity (Wildman–Crippen MR) is 96.1 cm³/mol. The molecule has 0 spiro atoms. The van der Waals surface area contributed by atoms with Crippen LogP contribution in [0, 0.1) is 0 Å². The van der Waals surface area contributed by atoms with Gasteiger partial charge >= 0.3 is 0 Å². The van der Waals surface area contributed by atoms with E-state index in [-0.39, 0.29) is 5.91 Å². The van der Waals surface area contributed by atoms with Gasteiger partial charge in [0.2, 0.25) is 5.91 Å². The zero-order valence-corrected chi connectivity index (χ0v) is 13.7. The van der Waals surface area contributed by atoms with Gasteiger partial charge in [0.25, 0.3) is 0 Å². The molecule has 1 aliphatic rings. The van der Waals surface area contributed by atoms with Gasteiger partial charge in [0.15, 0.2) is 0 Å². The molecule has 1 amide bonds. The summed E-state index contributed by atoms with van der Waals surface area (Å²) in [5.74, 6) is 1.06. The summed E-state index contributed by atoms with van der Waals surface area (Å²) in [4.78, 5) is 18.3. The molecule has 1 N–H and O–H groups in total. The highest BCUT2D eigenvalue weighted by atomic mass is 16.1. The van der Waals surface area contributed by atoms with Crippen LogP contribution in [0.1, 0.15) is 19.2 Å². The number of rotatable bonds is 2. The highest BCUT2D eigenvalue weighted by Gasteiger charge is 2.18. The summed E-state index contributed by atoms with van der Waals surface area (Å²) in [7, 11) is 0. The highest BCUT2D eigenvalue weighted by molar-refractivity contribution is 5.88. The number of aromatic nitrogens is 2. The molecule has 3 aromatic rings. The Morgan fingerprint density at radius 1 is 1.08 bits per heavy atom. The van der Waals surface area contributed by atoms with Crippen LogP contribution in [0.3, 0.4) is 0 Å². The second-order valence-electron chi connectivity index (χ2n) is 6.17. The van der Waals surface area contributed by atoms with Crippen molar-refractivity contribution < 1.29 is 4.79 Å². The van der Waals surface area contributed by atoms with Gasteiger partial charge in [-0.05, 0) is 42.8 Å². The van der Waals surface area contributed by atoms with Crippen LogP contribution in [-0.2, 0) is 17.9 Å². The fourth-order valence-electron chi connectivity index (χ4n) is 3.34. The Kier molecular flexibility index (Phi) is 3.69. The molecule has 0 bridgehead atoms. The molecule has 1 aromatic heterocycles. The highest BCUT2D eigenvalue weighted by Crippen LogP contribution is 2.25. The first-order valence-corrected chi connectivity index (χ1v) is 8.27. The van der Waals surface area contributed by atoms with E-state index in [4.69, 9.17) is 4.98 Å². The van der Waals surface area contributed by atoms with Crippen molar-refractivity contribution in [2.24, 2.45) is 0 Å². The largest absolute Gasteiger partial charge is 0.364 e. The SMILES string of the molecule is CC(=O)Nc1ccc(N2CCCn3c(nc4ccccc43)C2)cc1. The Hall–Kier alpha value is -2.82. The lowest BCUT2D eigenvalue weighted by atomic mass is 10.2. The Balaban J connectivity index is 1.62. The van der Waals surface area contributed by atoms with E-state index < -0.39 is 0 Å². The number of carbonyl (C=O) groups is 1. The van der Waals surface area contributed by atoms with Gasteiger partial charge < -0.3 is 14.8 Å². The minimum absolute atomic E-state index is 0.0498. The molecule has 24 heavy (non-hydrogen) atoms. The molecule has 0 atom stereocenters. The van der Waals surface area contributed by atoms with E-state index >= 15 is 0 Å². The average molecular weight is 320 g/mol. The Morgan fingerprint density at radius 2 is 1.88 bits per heavy atom. The van der Waals surface area contributed by atoms with Gasteiger partial charge in [-0.25, -0.2) is 4.98 Å². The van der Waals surface area contributed by atoms with Crippen LogP contribution >= 0.6 is 0 Å². The number of nitrogens with one attached hydrogen (secondary N) is 1. The summed E-state index contributed by atoms with van der Waals surface area (Å²) in [6, 6.07) is 16.3. The third-order valence-electron chi connectivity index (χ3n) is 4.43. The lowest BCUT2D eigenvalue weighted by Crippen LogP contribution is -2.22. The number of hydrogen-bond acceptors (Lipinski definition) is 3. The number of anilines is 2. The maximum atomic E-state index is 11.1. The number of nitrogens with zero attached hydrogens (tertiary/aromatic N) is 3. The maximum Gasteiger partial charge on any atom is 0.221 e. The summed E-state index contributed by atoms with van der Waals surface area (Å²) in [5.41, 5.74) is 4.27. The van der Waals surface area contributed by atoms with Crippen LogP contribution in [0.15, 0.2) is 48.5 Å². The van der Waals surface area contributed by atoms with Gasteiger partial charge in [-0.2, -0.15) is 0 Å². The second kappa shape index (κ2) is 6.00. The van der Waals surface area contributed by atoms with Crippen LogP contribution < -0.4 is 10.2 Å². The van der Waals surface area contributed by atoms with Crippen molar-refractivity contribution >= 4 is 28.3 Å². The van der Waals surface area contributed by atoms with Crippen LogP contribution in [0.25, 0.3) is 11.0 Å². The molecule has 2 heterocycles. The van der Waals surface area contributed by atoms with E-state index in [0.29, 0.717) is 0 Å². The lowest BCUT2D eigenvalue weighted by molar-refractivity contribution is -0.114. The number of para-hydroxylation sites is 2. The van der Waals surface area contributed by atoms with Gasteiger partial charge in [-0.3, -0.25) is 4.79 Å². The van der Waals surface area contributed by atoms with Gasteiger partial charge in [0.1, 0.15) is 5.82 Å². The zero-order chi connectivity index (χ0) is 16.5. The predicted octanol–water partition coefficient (Wildman–Crippen LogP) is 3.41. The van der Waals surface area contributed by atoms with E-state index in [9.17, 15) is 4.79 Å².